The van der Waals surface area contributed by atoms with Crippen LogP contribution in [-0.4, -0.2) is 18.9 Å². The summed E-state index contributed by atoms with van der Waals surface area (Å²) in [7, 11) is 0. The Morgan fingerprint density at radius 3 is 2.77 bits per heavy atom. The van der Waals surface area contributed by atoms with Crippen LogP contribution in [0.4, 0.5) is 0 Å². The minimum Gasteiger partial charge on any atom is -0.316 e. The predicted octanol–water partition coefficient (Wildman–Crippen LogP) is 1.85. The molecule has 1 rings (SSSR count). The van der Waals surface area contributed by atoms with E-state index in [9.17, 15) is 4.79 Å². The van der Waals surface area contributed by atoms with E-state index >= 15 is 0 Å². The average Bonchev–Trinajstić information content (AvgIpc) is 2.15. The summed E-state index contributed by atoms with van der Waals surface area (Å²) in [5.74, 6) is 1.64. The highest BCUT2D eigenvalue weighted by atomic mass is 16.1. The number of carbonyl (C=O) groups excluding carboxylic acids is 1. The summed E-state index contributed by atoms with van der Waals surface area (Å²) in [5, 5.41) is 3.32. The summed E-state index contributed by atoms with van der Waals surface area (Å²) >= 11 is 0. The first-order valence-corrected chi connectivity index (χ1v) is 5.39. The molecule has 0 bridgehead atoms. The quantitative estimate of drug-likeness (QED) is 0.723. The van der Waals surface area contributed by atoms with Crippen molar-refractivity contribution in [2.24, 2.45) is 17.8 Å². The SMILES string of the molecule is CCC(C)C(=O)C1CNCC(C)C1. The molecule has 1 heterocycles. The molecular formula is C11H21NO. The summed E-state index contributed by atoms with van der Waals surface area (Å²) < 4.78 is 0. The zero-order valence-corrected chi connectivity index (χ0v) is 8.97. The van der Waals surface area contributed by atoms with Gasteiger partial charge in [-0.2, -0.15) is 0 Å². The third-order valence-corrected chi connectivity index (χ3v) is 3.07. The third-order valence-electron chi connectivity index (χ3n) is 3.07. The molecule has 76 valence electrons. The topological polar surface area (TPSA) is 29.1 Å². The van der Waals surface area contributed by atoms with Gasteiger partial charge < -0.3 is 5.32 Å². The van der Waals surface area contributed by atoms with Gasteiger partial charge in [-0.3, -0.25) is 4.79 Å². The van der Waals surface area contributed by atoms with E-state index < -0.39 is 0 Å². The molecule has 1 N–H and O–H groups in total. The highest BCUT2D eigenvalue weighted by molar-refractivity contribution is 5.83. The Balaban J connectivity index is 2.46. The minimum absolute atomic E-state index is 0.247. The van der Waals surface area contributed by atoms with Crippen molar-refractivity contribution in [2.75, 3.05) is 13.1 Å². The van der Waals surface area contributed by atoms with Crippen LogP contribution >= 0.6 is 0 Å². The van der Waals surface area contributed by atoms with Crippen molar-refractivity contribution in [1.29, 1.82) is 0 Å². The lowest BCUT2D eigenvalue weighted by Gasteiger charge is -2.28. The van der Waals surface area contributed by atoms with Gasteiger partial charge in [-0.15, -0.1) is 0 Å². The van der Waals surface area contributed by atoms with E-state index in [1.54, 1.807) is 0 Å². The first-order chi connectivity index (χ1) is 6.15. The molecule has 0 saturated carbocycles. The van der Waals surface area contributed by atoms with Crippen LogP contribution < -0.4 is 5.32 Å². The maximum atomic E-state index is 11.8. The fourth-order valence-corrected chi connectivity index (χ4v) is 1.98. The van der Waals surface area contributed by atoms with Gasteiger partial charge in [0.25, 0.3) is 0 Å². The Labute approximate surface area is 81.1 Å². The molecule has 2 heteroatoms. The second-order valence-corrected chi connectivity index (χ2v) is 4.41. The summed E-state index contributed by atoms with van der Waals surface area (Å²) in [4.78, 5) is 11.8. The largest absolute Gasteiger partial charge is 0.316 e. The van der Waals surface area contributed by atoms with Gasteiger partial charge in [0.15, 0.2) is 0 Å². The molecule has 0 amide bonds. The molecule has 13 heavy (non-hydrogen) atoms. The van der Waals surface area contributed by atoms with Crippen LogP contribution in [0.15, 0.2) is 0 Å². The number of rotatable bonds is 3. The molecule has 1 aliphatic heterocycles. The van der Waals surface area contributed by atoms with E-state index in [4.69, 9.17) is 0 Å². The van der Waals surface area contributed by atoms with Crippen LogP contribution in [0.3, 0.4) is 0 Å². The molecule has 0 radical (unpaired) electrons. The minimum atomic E-state index is 0.247. The second-order valence-electron chi connectivity index (χ2n) is 4.41. The molecule has 0 spiro atoms. The smallest absolute Gasteiger partial charge is 0.140 e. The van der Waals surface area contributed by atoms with Crippen molar-refractivity contribution >= 4 is 5.78 Å². The Morgan fingerprint density at radius 2 is 2.23 bits per heavy atom. The van der Waals surface area contributed by atoms with Crippen molar-refractivity contribution in [3.8, 4) is 0 Å². The fraction of sp³-hybridized carbons (Fsp3) is 0.909. The molecule has 0 aromatic heterocycles. The number of piperidine rings is 1. The second kappa shape index (κ2) is 4.75. The Kier molecular flexibility index (Phi) is 3.91. The Morgan fingerprint density at radius 1 is 1.54 bits per heavy atom. The van der Waals surface area contributed by atoms with E-state index in [0.717, 1.165) is 25.9 Å². The summed E-state index contributed by atoms with van der Waals surface area (Å²) in [6, 6.07) is 0. The fourth-order valence-electron chi connectivity index (χ4n) is 1.98. The van der Waals surface area contributed by atoms with Gasteiger partial charge in [0, 0.05) is 18.4 Å². The lowest BCUT2D eigenvalue weighted by molar-refractivity contribution is -0.127. The van der Waals surface area contributed by atoms with Gasteiger partial charge in [0.2, 0.25) is 0 Å². The standard InChI is InChI=1S/C11H21NO/c1-4-9(3)11(13)10-5-8(2)6-12-7-10/h8-10,12H,4-7H2,1-3H3. The molecule has 1 fully saturated rings. The van der Waals surface area contributed by atoms with Crippen molar-refractivity contribution in [3.63, 3.8) is 0 Å². The molecule has 1 saturated heterocycles. The first kappa shape index (κ1) is 10.7. The van der Waals surface area contributed by atoms with Crippen molar-refractivity contribution in [3.05, 3.63) is 0 Å². The Bertz CT molecular complexity index is 179. The lowest BCUT2D eigenvalue weighted by atomic mass is 9.83. The van der Waals surface area contributed by atoms with E-state index in [-0.39, 0.29) is 11.8 Å². The van der Waals surface area contributed by atoms with E-state index in [0.29, 0.717) is 11.7 Å². The van der Waals surface area contributed by atoms with Gasteiger partial charge in [-0.05, 0) is 25.3 Å². The highest BCUT2D eigenvalue weighted by Gasteiger charge is 2.26. The number of carbonyl (C=O) groups is 1. The number of Topliss-reactive ketones (excluding diaryl/α,β-unsaturated/α-hetero) is 1. The Hall–Kier alpha value is -0.370. The van der Waals surface area contributed by atoms with Gasteiger partial charge in [0.1, 0.15) is 5.78 Å². The molecular weight excluding hydrogens is 162 g/mol. The predicted molar refractivity (Wildman–Crippen MR) is 54.6 cm³/mol. The van der Waals surface area contributed by atoms with Crippen LogP contribution in [0.5, 0.6) is 0 Å². The number of hydrogen-bond donors (Lipinski definition) is 1. The number of ketones is 1. The maximum absolute atomic E-state index is 11.8. The molecule has 3 unspecified atom stereocenters. The molecule has 1 aliphatic rings. The molecule has 0 aromatic carbocycles. The normalized spacial score (nSPS) is 31.3. The van der Waals surface area contributed by atoms with Crippen LogP contribution in [0, 0.1) is 17.8 Å². The number of hydrogen-bond acceptors (Lipinski definition) is 2. The van der Waals surface area contributed by atoms with Crippen LogP contribution in [0.25, 0.3) is 0 Å². The van der Waals surface area contributed by atoms with Gasteiger partial charge in [0.05, 0.1) is 0 Å². The molecule has 0 aliphatic carbocycles. The van der Waals surface area contributed by atoms with Crippen LogP contribution in [0.1, 0.15) is 33.6 Å². The zero-order chi connectivity index (χ0) is 9.84. The third kappa shape index (κ3) is 2.80. The van der Waals surface area contributed by atoms with E-state index in [1.807, 2.05) is 6.92 Å². The average molecular weight is 183 g/mol. The monoisotopic (exact) mass is 183 g/mol. The summed E-state index contributed by atoms with van der Waals surface area (Å²) in [5.41, 5.74) is 0. The van der Waals surface area contributed by atoms with Crippen molar-refractivity contribution in [1.82, 2.24) is 5.32 Å². The zero-order valence-electron chi connectivity index (χ0n) is 8.97. The summed E-state index contributed by atoms with van der Waals surface area (Å²) in [6.07, 6.45) is 2.06. The van der Waals surface area contributed by atoms with Crippen molar-refractivity contribution < 1.29 is 4.79 Å². The molecule has 2 nitrogen and oxygen atoms in total. The van der Waals surface area contributed by atoms with E-state index in [2.05, 4.69) is 19.2 Å². The molecule has 3 atom stereocenters. The van der Waals surface area contributed by atoms with Gasteiger partial charge in [-0.1, -0.05) is 20.8 Å². The van der Waals surface area contributed by atoms with Gasteiger partial charge >= 0.3 is 0 Å². The van der Waals surface area contributed by atoms with Crippen LogP contribution in [-0.2, 0) is 4.79 Å². The maximum Gasteiger partial charge on any atom is 0.140 e. The van der Waals surface area contributed by atoms with E-state index in [1.165, 1.54) is 0 Å². The highest BCUT2D eigenvalue weighted by Crippen LogP contribution is 2.20. The number of nitrogens with one attached hydrogen (secondary N) is 1. The lowest BCUT2D eigenvalue weighted by Crippen LogP contribution is -2.40. The van der Waals surface area contributed by atoms with Crippen molar-refractivity contribution in [2.45, 2.75) is 33.6 Å². The van der Waals surface area contributed by atoms with Gasteiger partial charge in [-0.25, -0.2) is 0 Å². The summed E-state index contributed by atoms with van der Waals surface area (Å²) in [6.45, 7) is 8.31. The first-order valence-electron chi connectivity index (χ1n) is 5.39. The van der Waals surface area contributed by atoms with Crippen LogP contribution in [0.2, 0.25) is 0 Å². The molecule has 0 aromatic rings.